The Morgan fingerprint density at radius 1 is 1.16 bits per heavy atom. The van der Waals surface area contributed by atoms with Crippen molar-refractivity contribution in [3.8, 4) is 5.75 Å². The molecule has 3 aromatic rings. The summed E-state index contributed by atoms with van der Waals surface area (Å²) in [6, 6.07) is 16.4. The van der Waals surface area contributed by atoms with Crippen LogP contribution in [-0.2, 0) is 9.59 Å². The molecule has 2 heterocycles. The largest absolute Gasteiger partial charge is 0.478 e. The fourth-order valence-corrected chi connectivity index (χ4v) is 4.23. The number of hydrogen-bond donors (Lipinski definition) is 1. The zero-order valence-corrected chi connectivity index (χ0v) is 18.6. The number of ether oxygens (including phenoxy) is 1. The second kappa shape index (κ2) is 8.64. The fourth-order valence-electron chi connectivity index (χ4n) is 3.27. The standard InChI is InChI=1S/C22H21ClN4O3S/c1-22(2,30-17-10-8-15(23)9-11-17)20(29)24-21-26-25-19(31-21)14-12-18(28)27(13-14)16-6-4-3-5-7-16/h3-11,14H,12-13H2,1-2H3,(H,24,26,29). The van der Waals surface area contributed by atoms with E-state index >= 15 is 0 Å². The first kappa shape index (κ1) is 21.3. The van der Waals surface area contributed by atoms with Crippen LogP contribution in [0.3, 0.4) is 0 Å². The van der Waals surface area contributed by atoms with Crippen molar-refractivity contribution in [2.75, 3.05) is 16.8 Å². The van der Waals surface area contributed by atoms with Gasteiger partial charge in [-0.25, -0.2) is 0 Å². The summed E-state index contributed by atoms with van der Waals surface area (Å²) in [5.41, 5.74) is -0.262. The third-order valence-electron chi connectivity index (χ3n) is 4.94. The topological polar surface area (TPSA) is 84.4 Å². The van der Waals surface area contributed by atoms with E-state index in [9.17, 15) is 9.59 Å². The SMILES string of the molecule is CC(C)(Oc1ccc(Cl)cc1)C(=O)Nc1nnc(C2CC(=O)N(c3ccccc3)C2)s1. The van der Waals surface area contributed by atoms with E-state index in [0.717, 1.165) is 10.7 Å². The Morgan fingerprint density at radius 2 is 1.87 bits per heavy atom. The van der Waals surface area contributed by atoms with Crippen LogP contribution in [0.2, 0.25) is 5.02 Å². The molecule has 0 saturated carbocycles. The predicted octanol–water partition coefficient (Wildman–Crippen LogP) is 4.51. The average molecular weight is 457 g/mol. The molecular weight excluding hydrogens is 436 g/mol. The minimum atomic E-state index is -1.13. The van der Waals surface area contributed by atoms with Gasteiger partial charge in [-0.3, -0.25) is 14.9 Å². The summed E-state index contributed by atoms with van der Waals surface area (Å²) >= 11 is 7.17. The molecule has 1 fully saturated rings. The summed E-state index contributed by atoms with van der Waals surface area (Å²) in [5.74, 6) is 0.176. The van der Waals surface area contributed by atoms with E-state index in [1.54, 1.807) is 43.0 Å². The van der Waals surface area contributed by atoms with Gasteiger partial charge >= 0.3 is 0 Å². The third kappa shape index (κ3) is 4.86. The van der Waals surface area contributed by atoms with E-state index in [0.29, 0.717) is 28.9 Å². The van der Waals surface area contributed by atoms with Crippen LogP contribution in [0.5, 0.6) is 5.75 Å². The molecule has 1 aromatic heterocycles. The number of hydrogen-bond acceptors (Lipinski definition) is 6. The van der Waals surface area contributed by atoms with Crippen LogP contribution in [0.25, 0.3) is 0 Å². The lowest BCUT2D eigenvalue weighted by Crippen LogP contribution is -2.42. The van der Waals surface area contributed by atoms with Gasteiger partial charge in [-0.2, -0.15) is 0 Å². The van der Waals surface area contributed by atoms with Gasteiger partial charge in [0, 0.05) is 29.6 Å². The van der Waals surface area contributed by atoms with E-state index < -0.39 is 5.60 Å². The van der Waals surface area contributed by atoms with Crippen molar-refractivity contribution in [2.45, 2.75) is 31.8 Å². The molecule has 9 heteroatoms. The highest BCUT2D eigenvalue weighted by Crippen LogP contribution is 2.34. The highest BCUT2D eigenvalue weighted by Gasteiger charge is 2.35. The number of nitrogens with zero attached hydrogens (tertiary/aromatic N) is 3. The van der Waals surface area contributed by atoms with E-state index in [1.807, 2.05) is 30.3 Å². The Balaban J connectivity index is 1.40. The van der Waals surface area contributed by atoms with Crippen LogP contribution < -0.4 is 15.0 Å². The third-order valence-corrected chi connectivity index (χ3v) is 6.19. The van der Waals surface area contributed by atoms with Crippen LogP contribution in [0, 0.1) is 0 Å². The van der Waals surface area contributed by atoms with Gasteiger partial charge in [0.05, 0.1) is 0 Å². The van der Waals surface area contributed by atoms with Crippen molar-refractivity contribution < 1.29 is 14.3 Å². The predicted molar refractivity (Wildman–Crippen MR) is 121 cm³/mol. The summed E-state index contributed by atoms with van der Waals surface area (Å²) in [5, 5.41) is 12.8. The van der Waals surface area contributed by atoms with E-state index in [4.69, 9.17) is 16.3 Å². The Morgan fingerprint density at radius 3 is 2.58 bits per heavy atom. The molecule has 0 spiro atoms. The zero-order chi connectivity index (χ0) is 22.0. The van der Waals surface area contributed by atoms with Gasteiger partial charge in [-0.05, 0) is 50.2 Å². The molecule has 160 valence electrons. The summed E-state index contributed by atoms with van der Waals surface area (Å²) in [4.78, 5) is 27.0. The molecule has 1 N–H and O–H groups in total. The number of nitrogens with one attached hydrogen (secondary N) is 1. The van der Waals surface area contributed by atoms with Gasteiger partial charge in [-0.1, -0.05) is 41.1 Å². The van der Waals surface area contributed by atoms with Crippen LogP contribution in [0.4, 0.5) is 10.8 Å². The first-order valence-corrected chi connectivity index (χ1v) is 11.0. The van der Waals surface area contributed by atoms with Crippen LogP contribution in [0.15, 0.2) is 54.6 Å². The lowest BCUT2D eigenvalue weighted by molar-refractivity contribution is -0.128. The average Bonchev–Trinajstić information content (AvgIpc) is 3.37. The maximum Gasteiger partial charge on any atom is 0.269 e. The summed E-state index contributed by atoms with van der Waals surface area (Å²) in [7, 11) is 0. The second-order valence-electron chi connectivity index (χ2n) is 7.71. The van der Waals surface area contributed by atoms with Crippen molar-refractivity contribution in [2.24, 2.45) is 0 Å². The van der Waals surface area contributed by atoms with Gasteiger partial charge in [0.2, 0.25) is 11.0 Å². The van der Waals surface area contributed by atoms with Gasteiger partial charge < -0.3 is 9.64 Å². The first-order valence-electron chi connectivity index (χ1n) is 9.77. The molecule has 1 saturated heterocycles. The summed E-state index contributed by atoms with van der Waals surface area (Å²) < 4.78 is 5.81. The molecule has 1 unspecified atom stereocenters. The van der Waals surface area contributed by atoms with E-state index in [2.05, 4.69) is 15.5 Å². The Bertz CT molecular complexity index is 1090. The van der Waals surface area contributed by atoms with Gasteiger partial charge in [-0.15, -0.1) is 10.2 Å². The number of carbonyl (C=O) groups excluding carboxylic acids is 2. The molecule has 1 atom stereocenters. The van der Waals surface area contributed by atoms with E-state index in [1.165, 1.54) is 11.3 Å². The monoisotopic (exact) mass is 456 g/mol. The Labute approximate surface area is 189 Å². The van der Waals surface area contributed by atoms with Crippen molar-refractivity contribution in [3.63, 3.8) is 0 Å². The lowest BCUT2D eigenvalue weighted by Gasteiger charge is -2.24. The Kier molecular flexibility index (Phi) is 5.93. The maximum atomic E-state index is 12.7. The van der Waals surface area contributed by atoms with Crippen LogP contribution in [0.1, 0.15) is 31.2 Å². The molecule has 1 aliphatic rings. The number of para-hydroxylation sites is 1. The molecule has 7 nitrogen and oxygen atoms in total. The number of carbonyl (C=O) groups is 2. The number of benzene rings is 2. The minimum absolute atomic E-state index is 0.0504. The van der Waals surface area contributed by atoms with Gasteiger partial charge in [0.15, 0.2) is 5.60 Å². The van der Waals surface area contributed by atoms with Crippen molar-refractivity contribution in [3.05, 3.63) is 64.6 Å². The van der Waals surface area contributed by atoms with Gasteiger partial charge in [0.25, 0.3) is 5.91 Å². The van der Waals surface area contributed by atoms with Crippen molar-refractivity contribution in [1.82, 2.24) is 10.2 Å². The number of anilines is 2. The highest BCUT2D eigenvalue weighted by molar-refractivity contribution is 7.15. The minimum Gasteiger partial charge on any atom is -0.478 e. The quantitative estimate of drug-likeness (QED) is 0.590. The maximum absolute atomic E-state index is 12.7. The molecule has 2 amide bonds. The van der Waals surface area contributed by atoms with Crippen LogP contribution in [-0.4, -0.2) is 34.2 Å². The number of halogens is 1. The van der Waals surface area contributed by atoms with Crippen LogP contribution >= 0.6 is 22.9 Å². The van der Waals surface area contributed by atoms with E-state index in [-0.39, 0.29) is 17.7 Å². The molecule has 1 aliphatic heterocycles. The normalized spacial score (nSPS) is 16.4. The molecule has 0 radical (unpaired) electrons. The molecule has 4 rings (SSSR count). The summed E-state index contributed by atoms with van der Waals surface area (Å²) in [6.07, 6.45) is 0.364. The number of aromatic nitrogens is 2. The van der Waals surface area contributed by atoms with Gasteiger partial charge in [0.1, 0.15) is 10.8 Å². The molecule has 0 aliphatic carbocycles. The second-order valence-corrected chi connectivity index (χ2v) is 9.15. The highest BCUT2D eigenvalue weighted by atomic mass is 35.5. The molecule has 31 heavy (non-hydrogen) atoms. The van der Waals surface area contributed by atoms with Crippen molar-refractivity contribution in [1.29, 1.82) is 0 Å². The Hall–Kier alpha value is -2.97. The van der Waals surface area contributed by atoms with Crippen molar-refractivity contribution >= 4 is 45.6 Å². The lowest BCUT2D eigenvalue weighted by atomic mass is 10.1. The first-order chi connectivity index (χ1) is 14.8. The number of rotatable bonds is 6. The molecular formula is C22H21ClN4O3S. The molecule has 2 aromatic carbocycles. The number of amides is 2. The zero-order valence-electron chi connectivity index (χ0n) is 17.0. The fraction of sp³-hybridized carbons (Fsp3) is 0.273. The molecule has 0 bridgehead atoms. The smallest absolute Gasteiger partial charge is 0.269 e. The summed E-state index contributed by atoms with van der Waals surface area (Å²) in [6.45, 7) is 3.88.